The molecule has 0 saturated heterocycles. The van der Waals surface area contributed by atoms with Crippen molar-refractivity contribution in [3.63, 3.8) is 0 Å². The summed E-state index contributed by atoms with van der Waals surface area (Å²) < 4.78 is 8.32. The van der Waals surface area contributed by atoms with Crippen molar-refractivity contribution in [1.29, 1.82) is 0 Å². The van der Waals surface area contributed by atoms with Crippen LogP contribution in [0.4, 0.5) is 0 Å². The van der Waals surface area contributed by atoms with E-state index in [1.165, 1.54) is 9.08 Å². The van der Waals surface area contributed by atoms with Crippen molar-refractivity contribution < 1.29 is 4.74 Å². The Hall–Kier alpha value is -2.56. The normalized spacial score (nSPS) is 10.9. The molecular weight excluding hydrogens is 254 g/mol. The minimum Gasteiger partial charge on any atom is -0.496 e. The molecule has 5 nitrogen and oxygen atoms in total. The number of nitrogens with zero attached hydrogens (tertiary/aromatic N) is 3. The third-order valence-corrected chi connectivity index (χ3v) is 3.24. The fourth-order valence-electron chi connectivity index (χ4n) is 2.26. The van der Waals surface area contributed by atoms with E-state index in [-0.39, 0.29) is 5.69 Å². The van der Waals surface area contributed by atoms with Gasteiger partial charge in [0.15, 0.2) is 5.65 Å². The number of ether oxygens (including phenoxy) is 1. The Labute approximate surface area is 116 Å². The van der Waals surface area contributed by atoms with Gasteiger partial charge in [0.25, 0.3) is 0 Å². The predicted molar refractivity (Wildman–Crippen MR) is 76.3 cm³/mol. The van der Waals surface area contributed by atoms with Crippen LogP contribution in [0.3, 0.4) is 0 Å². The molecule has 1 aromatic carbocycles. The molecule has 0 atom stereocenters. The first-order valence-corrected chi connectivity index (χ1v) is 6.37. The monoisotopic (exact) mass is 269 g/mol. The number of pyridine rings is 1. The van der Waals surface area contributed by atoms with Crippen molar-refractivity contribution in [1.82, 2.24) is 14.2 Å². The molecule has 2 heterocycles. The molecule has 0 aliphatic rings. The Morgan fingerprint density at radius 1 is 1.25 bits per heavy atom. The van der Waals surface area contributed by atoms with Crippen LogP contribution in [-0.4, -0.2) is 21.3 Å². The molecule has 0 fully saturated rings. The lowest BCUT2D eigenvalue weighted by Crippen LogP contribution is -2.21. The minimum absolute atomic E-state index is 0.149. The number of hydrogen-bond acceptors (Lipinski definition) is 3. The maximum atomic E-state index is 12.2. The summed E-state index contributed by atoms with van der Waals surface area (Å²) >= 11 is 0. The number of aromatic nitrogens is 3. The highest BCUT2D eigenvalue weighted by atomic mass is 16.5. The summed E-state index contributed by atoms with van der Waals surface area (Å²) in [5.41, 5.74) is 2.56. The Bertz CT molecular complexity index is 817. The van der Waals surface area contributed by atoms with Crippen LogP contribution in [0, 0.1) is 6.92 Å². The van der Waals surface area contributed by atoms with Crippen LogP contribution in [0.2, 0.25) is 0 Å². The minimum atomic E-state index is -0.149. The van der Waals surface area contributed by atoms with Crippen molar-refractivity contribution >= 4 is 5.65 Å². The van der Waals surface area contributed by atoms with Crippen molar-refractivity contribution in [3.05, 3.63) is 64.2 Å². The second-order valence-corrected chi connectivity index (χ2v) is 4.68. The number of hydrogen-bond donors (Lipinski definition) is 0. The van der Waals surface area contributed by atoms with Crippen LogP contribution in [0.1, 0.15) is 11.1 Å². The van der Waals surface area contributed by atoms with Gasteiger partial charge in [0.05, 0.1) is 13.7 Å². The molecule has 20 heavy (non-hydrogen) atoms. The van der Waals surface area contributed by atoms with Crippen LogP contribution in [0.15, 0.2) is 47.4 Å². The Kier molecular flexibility index (Phi) is 3.02. The Balaban J connectivity index is 2.07. The van der Waals surface area contributed by atoms with E-state index in [9.17, 15) is 4.79 Å². The summed E-state index contributed by atoms with van der Waals surface area (Å²) in [6.07, 6.45) is 1.72. The molecule has 0 spiro atoms. The largest absolute Gasteiger partial charge is 0.496 e. The SMILES string of the molecule is COc1ccc(C)cc1Cn1nc2ccccn2c1=O. The molecule has 0 aliphatic heterocycles. The first-order valence-electron chi connectivity index (χ1n) is 6.37. The van der Waals surface area contributed by atoms with Crippen LogP contribution in [-0.2, 0) is 6.54 Å². The summed E-state index contributed by atoms with van der Waals surface area (Å²) in [7, 11) is 1.63. The Morgan fingerprint density at radius 3 is 2.85 bits per heavy atom. The molecule has 102 valence electrons. The smallest absolute Gasteiger partial charge is 0.350 e. The van der Waals surface area contributed by atoms with Gasteiger partial charge in [-0.05, 0) is 25.1 Å². The molecule has 0 N–H and O–H groups in total. The van der Waals surface area contributed by atoms with Crippen molar-refractivity contribution in [2.45, 2.75) is 13.5 Å². The molecule has 0 saturated carbocycles. The van der Waals surface area contributed by atoms with E-state index in [1.54, 1.807) is 13.3 Å². The van der Waals surface area contributed by atoms with Crippen molar-refractivity contribution in [2.75, 3.05) is 7.11 Å². The number of benzene rings is 1. The van der Waals surface area contributed by atoms with Crippen molar-refractivity contribution in [2.24, 2.45) is 0 Å². The van der Waals surface area contributed by atoms with Gasteiger partial charge in [-0.1, -0.05) is 23.8 Å². The van der Waals surface area contributed by atoms with Gasteiger partial charge in [-0.2, -0.15) is 0 Å². The van der Waals surface area contributed by atoms with Gasteiger partial charge in [-0.25, -0.2) is 9.48 Å². The highest BCUT2D eigenvalue weighted by Gasteiger charge is 2.09. The lowest BCUT2D eigenvalue weighted by molar-refractivity contribution is 0.407. The zero-order chi connectivity index (χ0) is 14.1. The molecule has 2 aromatic heterocycles. The third kappa shape index (κ3) is 2.07. The van der Waals surface area contributed by atoms with E-state index in [0.717, 1.165) is 16.9 Å². The lowest BCUT2D eigenvalue weighted by atomic mass is 10.1. The van der Waals surface area contributed by atoms with E-state index in [0.29, 0.717) is 12.2 Å². The van der Waals surface area contributed by atoms with Crippen LogP contribution >= 0.6 is 0 Å². The van der Waals surface area contributed by atoms with E-state index >= 15 is 0 Å². The van der Waals surface area contributed by atoms with Crippen LogP contribution < -0.4 is 10.4 Å². The zero-order valence-electron chi connectivity index (χ0n) is 11.4. The number of fused-ring (bicyclic) bond motifs is 1. The standard InChI is InChI=1S/C15H15N3O2/c1-11-6-7-13(20-2)12(9-11)10-18-15(19)17-8-4-3-5-14(17)16-18/h3-9H,10H2,1-2H3. The van der Waals surface area contributed by atoms with E-state index < -0.39 is 0 Å². The summed E-state index contributed by atoms with van der Waals surface area (Å²) in [6, 6.07) is 11.4. The molecule has 3 rings (SSSR count). The van der Waals surface area contributed by atoms with Gasteiger partial charge >= 0.3 is 5.69 Å². The molecule has 0 amide bonds. The number of methoxy groups -OCH3 is 1. The third-order valence-electron chi connectivity index (χ3n) is 3.24. The van der Waals surface area contributed by atoms with Gasteiger partial charge in [-0.3, -0.25) is 4.40 Å². The van der Waals surface area contributed by atoms with Gasteiger partial charge in [0.1, 0.15) is 5.75 Å². The topological polar surface area (TPSA) is 48.5 Å². The maximum Gasteiger partial charge on any atom is 0.350 e. The van der Waals surface area contributed by atoms with E-state index in [2.05, 4.69) is 5.10 Å². The summed E-state index contributed by atoms with van der Waals surface area (Å²) in [6.45, 7) is 2.40. The van der Waals surface area contributed by atoms with Crippen molar-refractivity contribution in [3.8, 4) is 5.75 Å². The van der Waals surface area contributed by atoms with Gasteiger partial charge in [0.2, 0.25) is 0 Å². The highest BCUT2D eigenvalue weighted by Crippen LogP contribution is 2.20. The molecule has 5 heteroatoms. The first kappa shape index (κ1) is 12.5. The number of aryl methyl sites for hydroxylation is 1. The highest BCUT2D eigenvalue weighted by molar-refractivity contribution is 5.38. The van der Waals surface area contributed by atoms with Gasteiger partial charge in [-0.15, -0.1) is 5.10 Å². The lowest BCUT2D eigenvalue weighted by Gasteiger charge is -2.08. The Morgan fingerprint density at radius 2 is 2.10 bits per heavy atom. The molecule has 0 aliphatic carbocycles. The summed E-state index contributed by atoms with van der Waals surface area (Å²) in [4.78, 5) is 12.2. The maximum absolute atomic E-state index is 12.2. The molecular formula is C15H15N3O2. The van der Waals surface area contributed by atoms with Gasteiger partial charge in [0, 0.05) is 11.8 Å². The fourth-order valence-corrected chi connectivity index (χ4v) is 2.26. The summed E-state index contributed by atoms with van der Waals surface area (Å²) in [5.74, 6) is 0.763. The molecule has 0 unspecified atom stereocenters. The molecule has 3 aromatic rings. The predicted octanol–water partition coefficient (Wildman–Crippen LogP) is 1.86. The van der Waals surface area contributed by atoms with E-state index in [1.807, 2.05) is 43.3 Å². The van der Waals surface area contributed by atoms with Gasteiger partial charge < -0.3 is 4.74 Å². The van der Waals surface area contributed by atoms with Crippen LogP contribution in [0.5, 0.6) is 5.75 Å². The average molecular weight is 269 g/mol. The van der Waals surface area contributed by atoms with E-state index in [4.69, 9.17) is 4.74 Å². The second kappa shape index (κ2) is 4.85. The number of rotatable bonds is 3. The molecule has 0 radical (unpaired) electrons. The fraction of sp³-hybridized carbons (Fsp3) is 0.200. The average Bonchev–Trinajstić information content (AvgIpc) is 2.76. The first-order chi connectivity index (χ1) is 9.69. The quantitative estimate of drug-likeness (QED) is 0.729. The molecule has 0 bridgehead atoms. The van der Waals surface area contributed by atoms with Crippen LogP contribution in [0.25, 0.3) is 5.65 Å². The summed E-state index contributed by atoms with van der Waals surface area (Å²) in [5, 5.41) is 4.32. The zero-order valence-corrected chi connectivity index (χ0v) is 11.4. The second-order valence-electron chi connectivity index (χ2n) is 4.68.